The first-order chi connectivity index (χ1) is 14.1. The molecular formula is C21H20N2O5S. The van der Waals surface area contributed by atoms with Gasteiger partial charge in [0.2, 0.25) is 5.91 Å². The molecule has 1 aliphatic heterocycles. The topological polar surface area (TPSA) is 94.6 Å². The third kappa shape index (κ3) is 4.71. The molecule has 1 aromatic carbocycles. The number of rotatable bonds is 8. The number of benzene rings is 1. The molecule has 4 rings (SSSR count). The summed E-state index contributed by atoms with van der Waals surface area (Å²) in [7, 11) is 0. The number of aromatic nitrogens is 1. The number of imide groups is 1. The number of oxazole rings is 1. The van der Waals surface area contributed by atoms with Gasteiger partial charge >= 0.3 is 0 Å². The zero-order valence-electron chi connectivity index (χ0n) is 15.8. The van der Waals surface area contributed by atoms with E-state index in [-0.39, 0.29) is 16.4 Å². The minimum absolute atomic E-state index is 0.179. The molecule has 7 nitrogen and oxygen atoms in total. The van der Waals surface area contributed by atoms with E-state index in [0.717, 1.165) is 41.6 Å². The quantitative estimate of drug-likeness (QED) is 0.582. The molecule has 3 heterocycles. The zero-order valence-corrected chi connectivity index (χ0v) is 16.7. The number of carbonyl (C=O) groups is 2. The fourth-order valence-corrected chi connectivity index (χ4v) is 3.91. The monoisotopic (exact) mass is 412 g/mol. The van der Waals surface area contributed by atoms with Crippen molar-refractivity contribution in [1.82, 2.24) is 10.3 Å². The average Bonchev–Trinajstić information content (AvgIpc) is 3.42. The molecule has 2 amide bonds. The summed E-state index contributed by atoms with van der Waals surface area (Å²) in [6.07, 6.45) is 3.94. The molecule has 0 aliphatic carbocycles. The largest absolute Gasteiger partial charge is 0.487 e. The summed E-state index contributed by atoms with van der Waals surface area (Å²) in [4.78, 5) is 27.2. The molecule has 0 spiro atoms. The second-order valence-electron chi connectivity index (χ2n) is 6.71. The zero-order chi connectivity index (χ0) is 20.2. The minimum Gasteiger partial charge on any atom is -0.487 e. The molecule has 1 unspecified atom stereocenters. The van der Waals surface area contributed by atoms with E-state index >= 15 is 0 Å². The number of thioether (sulfide) groups is 1. The van der Waals surface area contributed by atoms with E-state index in [1.54, 1.807) is 18.4 Å². The van der Waals surface area contributed by atoms with Crippen LogP contribution < -0.4 is 10.1 Å². The van der Waals surface area contributed by atoms with Crippen molar-refractivity contribution in [2.45, 2.75) is 38.0 Å². The fourth-order valence-electron chi connectivity index (χ4n) is 3.05. The molecule has 1 atom stereocenters. The Morgan fingerprint density at radius 1 is 1.21 bits per heavy atom. The molecule has 0 saturated carbocycles. The van der Waals surface area contributed by atoms with Gasteiger partial charge in [0.15, 0.2) is 5.76 Å². The van der Waals surface area contributed by atoms with Crippen LogP contribution in [0.3, 0.4) is 0 Å². The normalized spacial score (nSPS) is 16.2. The Bertz CT molecular complexity index is 995. The number of ether oxygens (including phenoxy) is 1. The van der Waals surface area contributed by atoms with Crippen molar-refractivity contribution in [3.63, 3.8) is 0 Å². The Kier molecular flexibility index (Phi) is 5.71. The second kappa shape index (κ2) is 8.57. The molecule has 1 N–H and O–H groups in total. The standard InChI is InChI=1S/C21H20N2O5S/c1-13-16(22-20(28-13)17-5-3-11-26-17)12-27-15-9-7-14(8-10-15)4-2-6-18-19(24)23-21(25)29-18/h3,5,7-11,18H,2,4,6,12H2,1H3,(H,23,24,25). The Morgan fingerprint density at radius 3 is 2.72 bits per heavy atom. The molecule has 29 heavy (non-hydrogen) atoms. The van der Waals surface area contributed by atoms with Crippen molar-refractivity contribution < 1.29 is 23.2 Å². The Hall–Kier alpha value is -3.00. The second-order valence-corrected chi connectivity index (χ2v) is 7.88. The smallest absolute Gasteiger partial charge is 0.286 e. The molecule has 8 heteroatoms. The molecule has 150 valence electrons. The van der Waals surface area contributed by atoms with Gasteiger partial charge in [-0.05, 0) is 56.0 Å². The SMILES string of the molecule is Cc1oc(-c2ccco2)nc1COc1ccc(CCCC2SC(=O)NC2=O)cc1. The third-order valence-electron chi connectivity index (χ3n) is 4.62. The first-order valence-corrected chi connectivity index (χ1v) is 10.2. The summed E-state index contributed by atoms with van der Waals surface area (Å²) >= 11 is 1.08. The number of furan rings is 1. The van der Waals surface area contributed by atoms with Crippen molar-refractivity contribution in [1.29, 1.82) is 0 Å². The van der Waals surface area contributed by atoms with E-state index in [1.807, 2.05) is 31.2 Å². The lowest BCUT2D eigenvalue weighted by atomic mass is 10.1. The van der Waals surface area contributed by atoms with Crippen molar-refractivity contribution in [2.75, 3.05) is 0 Å². The molecule has 2 aromatic heterocycles. The Balaban J connectivity index is 1.26. The van der Waals surface area contributed by atoms with Crippen LogP contribution in [0.4, 0.5) is 4.79 Å². The number of amides is 2. The van der Waals surface area contributed by atoms with Crippen molar-refractivity contribution in [3.8, 4) is 17.4 Å². The Morgan fingerprint density at radius 2 is 2.03 bits per heavy atom. The third-order valence-corrected chi connectivity index (χ3v) is 5.67. The molecule has 1 fully saturated rings. The van der Waals surface area contributed by atoms with Crippen LogP contribution in [0.25, 0.3) is 11.7 Å². The van der Waals surface area contributed by atoms with Crippen LogP contribution in [-0.2, 0) is 17.8 Å². The lowest BCUT2D eigenvalue weighted by Gasteiger charge is -2.07. The maximum atomic E-state index is 11.6. The van der Waals surface area contributed by atoms with Crippen LogP contribution in [0.1, 0.15) is 29.9 Å². The van der Waals surface area contributed by atoms with Gasteiger partial charge in [0, 0.05) is 0 Å². The van der Waals surface area contributed by atoms with Gasteiger partial charge in [-0.3, -0.25) is 14.9 Å². The Labute approximate surface area is 171 Å². The van der Waals surface area contributed by atoms with Crippen LogP contribution in [0, 0.1) is 6.92 Å². The van der Waals surface area contributed by atoms with Crippen molar-refractivity contribution in [3.05, 3.63) is 59.7 Å². The summed E-state index contributed by atoms with van der Waals surface area (Å²) in [5.74, 6) is 2.29. The molecule has 0 radical (unpaired) electrons. The van der Waals surface area contributed by atoms with E-state index in [2.05, 4.69) is 10.3 Å². The molecule has 0 bridgehead atoms. The van der Waals surface area contributed by atoms with E-state index in [9.17, 15) is 9.59 Å². The van der Waals surface area contributed by atoms with E-state index in [1.165, 1.54) is 0 Å². The first kappa shape index (κ1) is 19.3. The van der Waals surface area contributed by atoms with Crippen LogP contribution in [0.15, 0.2) is 51.5 Å². The van der Waals surface area contributed by atoms with Crippen molar-refractivity contribution >= 4 is 22.9 Å². The van der Waals surface area contributed by atoms with Crippen LogP contribution in [0.5, 0.6) is 5.75 Å². The van der Waals surface area contributed by atoms with E-state index in [4.69, 9.17) is 13.6 Å². The maximum Gasteiger partial charge on any atom is 0.286 e. The maximum absolute atomic E-state index is 11.6. The first-order valence-electron chi connectivity index (χ1n) is 9.32. The molecule has 3 aromatic rings. The number of aryl methyl sites for hydroxylation is 2. The highest BCUT2D eigenvalue weighted by Crippen LogP contribution is 2.25. The van der Waals surface area contributed by atoms with Gasteiger partial charge in [0.25, 0.3) is 11.1 Å². The highest BCUT2D eigenvalue weighted by Gasteiger charge is 2.30. The summed E-state index contributed by atoms with van der Waals surface area (Å²) in [6.45, 7) is 2.15. The van der Waals surface area contributed by atoms with Crippen LogP contribution >= 0.6 is 11.8 Å². The van der Waals surface area contributed by atoms with Gasteiger partial charge in [-0.15, -0.1) is 0 Å². The molecule has 1 saturated heterocycles. The van der Waals surface area contributed by atoms with Crippen molar-refractivity contribution in [2.24, 2.45) is 0 Å². The lowest BCUT2D eigenvalue weighted by Crippen LogP contribution is -2.24. The number of nitrogens with one attached hydrogen (secondary N) is 1. The van der Waals surface area contributed by atoms with Crippen LogP contribution in [-0.4, -0.2) is 21.4 Å². The number of carbonyl (C=O) groups excluding carboxylic acids is 2. The highest BCUT2D eigenvalue weighted by atomic mass is 32.2. The molecular weight excluding hydrogens is 392 g/mol. The number of hydrogen-bond acceptors (Lipinski definition) is 7. The van der Waals surface area contributed by atoms with Gasteiger partial charge < -0.3 is 13.6 Å². The molecule has 1 aliphatic rings. The fraction of sp³-hybridized carbons (Fsp3) is 0.286. The lowest BCUT2D eigenvalue weighted by molar-refractivity contribution is -0.119. The predicted molar refractivity (Wildman–Crippen MR) is 108 cm³/mol. The number of nitrogens with zero attached hydrogens (tertiary/aromatic N) is 1. The highest BCUT2D eigenvalue weighted by molar-refractivity contribution is 8.15. The van der Waals surface area contributed by atoms with Gasteiger partial charge in [0.05, 0.1) is 11.5 Å². The summed E-state index contributed by atoms with van der Waals surface area (Å²) in [5, 5.41) is 1.80. The van der Waals surface area contributed by atoms with Gasteiger partial charge in [0.1, 0.15) is 23.8 Å². The average molecular weight is 412 g/mol. The van der Waals surface area contributed by atoms with Crippen LogP contribution in [0.2, 0.25) is 0 Å². The summed E-state index contributed by atoms with van der Waals surface area (Å²) < 4.78 is 16.8. The van der Waals surface area contributed by atoms with Gasteiger partial charge in [-0.25, -0.2) is 4.98 Å². The number of hydrogen-bond donors (Lipinski definition) is 1. The summed E-state index contributed by atoms with van der Waals surface area (Å²) in [5.41, 5.74) is 1.88. The van der Waals surface area contributed by atoms with E-state index in [0.29, 0.717) is 30.4 Å². The van der Waals surface area contributed by atoms with E-state index < -0.39 is 0 Å². The summed E-state index contributed by atoms with van der Waals surface area (Å²) in [6, 6.07) is 11.4. The van der Waals surface area contributed by atoms with Gasteiger partial charge in [-0.2, -0.15) is 0 Å². The predicted octanol–water partition coefficient (Wildman–Crippen LogP) is 4.50. The minimum atomic E-state index is -0.262. The van der Waals surface area contributed by atoms with Gasteiger partial charge in [-0.1, -0.05) is 23.9 Å².